The van der Waals surface area contributed by atoms with Gasteiger partial charge in [0, 0.05) is 18.0 Å². The summed E-state index contributed by atoms with van der Waals surface area (Å²) >= 11 is 0. The fraction of sp³-hybridized carbons (Fsp3) is 0.933. The Labute approximate surface area is 111 Å². The molecule has 2 aliphatic rings. The zero-order valence-electron chi connectivity index (χ0n) is 11.8. The lowest BCUT2D eigenvalue weighted by atomic mass is 9.85. The maximum Gasteiger partial charge on any atom is 0.223 e. The summed E-state index contributed by atoms with van der Waals surface area (Å²) in [6.07, 6.45) is 7.76. The molecule has 0 aromatic carbocycles. The van der Waals surface area contributed by atoms with Crippen LogP contribution >= 0.6 is 0 Å². The first-order valence-electron chi connectivity index (χ1n) is 7.67. The van der Waals surface area contributed by atoms with Crippen LogP contribution in [-0.4, -0.2) is 18.0 Å². The monoisotopic (exact) mass is 252 g/mol. The van der Waals surface area contributed by atoms with Crippen molar-refractivity contribution in [3.8, 4) is 0 Å². The van der Waals surface area contributed by atoms with E-state index in [0.717, 1.165) is 38.0 Å². The molecule has 0 bridgehead atoms. The van der Waals surface area contributed by atoms with Gasteiger partial charge in [-0.05, 0) is 43.9 Å². The minimum atomic E-state index is 0.168. The van der Waals surface area contributed by atoms with Crippen molar-refractivity contribution in [2.45, 2.75) is 70.9 Å². The van der Waals surface area contributed by atoms with Crippen LogP contribution in [0.1, 0.15) is 58.8 Å². The third kappa shape index (κ3) is 3.05. The molecule has 104 valence electrons. The van der Waals surface area contributed by atoms with Crippen LogP contribution in [0.3, 0.4) is 0 Å². The molecule has 0 spiro atoms. The van der Waals surface area contributed by atoms with E-state index in [2.05, 4.69) is 19.2 Å². The van der Waals surface area contributed by atoms with E-state index in [0.29, 0.717) is 12.0 Å². The average molecular weight is 252 g/mol. The minimum absolute atomic E-state index is 0.168. The Bertz CT molecular complexity index is 292. The van der Waals surface area contributed by atoms with Gasteiger partial charge in [0.25, 0.3) is 0 Å². The lowest BCUT2D eigenvalue weighted by Gasteiger charge is -2.28. The second-order valence-corrected chi connectivity index (χ2v) is 6.34. The fourth-order valence-electron chi connectivity index (χ4n) is 3.79. The third-order valence-corrected chi connectivity index (χ3v) is 5.16. The summed E-state index contributed by atoms with van der Waals surface area (Å²) in [6.45, 7) is 4.55. The first kappa shape index (κ1) is 13.9. The molecule has 0 heterocycles. The van der Waals surface area contributed by atoms with Crippen LogP contribution in [0.2, 0.25) is 0 Å². The molecule has 0 aromatic heterocycles. The summed E-state index contributed by atoms with van der Waals surface area (Å²) in [7, 11) is 0. The minimum Gasteiger partial charge on any atom is -0.353 e. The second kappa shape index (κ2) is 6.05. The van der Waals surface area contributed by atoms with Gasteiger partial charge in [0.2, 0.25) is 5.91 Å². The molecular formula is C15H28N2O. The second-order valence-electron chi connectivity index (χ2n) is 6.34. The summed E-state index contributed by atoms with van der Waals surface area (Å²) < 4.78 is 0. The van der Waals surface area contributed by atoms with Gasteiger partial charge in [-0.2, -0.15) is 0 Å². The Balaban J connectivity index is 1.84. The van der Waals surface area contributed by atoms with E-state index in [4.69, 9.17) is 5.73 Å². The standard InChI is InChI=1S/C15H28N2O/c1-3-11-7-8-14(10(11)2)17-15(18)12-5-4-6-13(16)9-12/h10-14H,3-9,16H2,1-2H3,(H,17,18). The van der Waals surface area contributed by atoms with Crippen molar-refractivity contribution < 1.29 is 4.79 Å². The van der Waals surface area contributed by atoms with E-state index in [1.807, 2.05) is 0 Å². The molecule has 5 atom stereocenters. The fourth-order valence-corrected chi connectivity index (χ4v) is 3.79. The number of amides is 1. The Hall–Kier alpha value is -0.570. The first-order chi connectivity index (χ1) is 8.61. The normalized spacial score (nSPS) is 40.7. The maximum atomic E-state index is 12.3. The molecule has 3 N–H and O–H groups in total. The topological polar surface area (TPSA) is 55.1 Å². The Morgan fingerprint density at radius 3 is 2.67 bits per heavy atom. The largest absolute Gasteiger partial charge is 0.353 e. The molecule has 2 saturated carbocycles. The van der Waals surface area contributed by atoms with Gasteiger partial charge in [-0.15, -0.1) is 0 Å². The molecule has 0 saturated heterocycles. The zero-order valence-corrected chi connectivity index (χ0v) is 11.8. The lowest BCUT2D eigenvalue weighted by molar-refractivity contribution is -0.127. The van der Waals surface area contributed by atoms with Crippen LogP contribution in [0.15, 0.2) is 0 Å². The number of nitrogens with one attached hydrogen (secondary N) is 1. The highest BCUT2D eigenvalue weighted by molar-refractivity contribution is 5.79. The first-order valence-corrected chi connectivity index (χ1v) is 7.67. The zero-order chi connectivity index (χ0) is 13.1. The van der Waals surface area contributed by atoms with Crippen molar-refractivity contribution in [1.29, 1.82) is 0 Å². The summed E-state index contributed by atoms with van der Waals surface area (Å²) in [5, 5.41) is 3.29. The van der Waals surface area contributed by atoms with Crippen LogP contribution < -0.4 is 11.1 Å². The van der Waals surface area contributed by atoms with E-state index < -0.39 is 0 Å². The molecule has 1 amide bonds. The van der Waals surface area contributed by atoms with Crippen LogP contribution in [0.4, 0.5) is 0 Å². The van der Waals surface area contributed by atoms with Crippen LogP contribution in [0, 0.1) is 17.8 Å². The average Bonchev–Trinajstić information content (AvgIpc) is 2.70. The molecule has 2 aliphatic carbocycles. The Morgan fingerprint density at radius 1 is 1.28 bits per heavy atom. The highest BCUT2D eigenvalue weighted by Gasteiger charge is 2.34. The number of carbonyl (C=O) groups excluding carboxylic acids is 1. The van der Waals surface area contributed by atoms with Gasteiger partial charge in [0.15, 0.2) is 0 Å². The summed E-state index contributed by atoms with van der Waals surface area (Å²) in [4.78, 5) is 12.3. The number of rotatable bonds is 3. The molecule has 5 unspecified atom stereocenters. The van der Waals surface area contributed by atoms with Crippen LogP contribution in [0.5, 0.6) is 0 Å². The van der Waals surface area contributed by atoms with Gasteiger partial charge in [-0.25, -0.2) is 0 Å². The SMILES string of the molecule is CCC1CCC(NC(=O)C2CCCC(N)C2)C1C. The highest BCUT2D eigenvalue weighted by Crippen LogP contribution is 2.34. The predicted molar refractivity (Wildman–Crippen MR) is 74.0 cm³/mol. The van der Waals surface area contributed by atoms with Crippen molar-refractivity contribution in [1.82, 2.24) is 5.32 Å². The smallest absolute Gasteiger partial charge is 0.223 e. The molecule has 3 nitrogen and oxygen atoms in total. The molecule has 0 aliphatic heterocycles. The van der Waals surface area contributed by atoms with Gasteiger partial charge in [0.05, 0.1) is 0 Å². The molecule has 0 aromatic rings. The molecule has 2 fully saturated rings. The van der Waals surface area contributed by atoms with E-state index in [9.17, 15) is 4.79 Å². The van der Waals surface area contributed by atoms with E-state index in [1.54, 1.807) is 0 Å². The number of hydrogen-bond acceptors (Lipinski definition) is 2. The summed E-state index contributed by atoms with van der Waals surface area (Å²) in [6, 6.07) is 0.638. The van der Waals surface area contributed by atoms with Crippen molar-refractivity contribution in [3.05, 3.63) is 0 Å². The van der Waals surface area contributed by atoms with Crippen LogP contribution in [-0.2, 0) is 4.79 Å². The van der Waals surface area contributed by atoms with Gasteiger partial charge < -0.3 is 11.1 Å². The number of hydrogen-bond donors (Lipinski definition) is 2. The predicted octanol–water partition coefficient (Wildman–Crippen LogP) is 2.44. The third-order valence-electron chi connectivity index (χ3n) is 5.16. The van der Waals surface area contributed by atoms with Crippen molar-refractivity contribution in [2.24, 2.45) is 23.5 Å². The maximum absolute atomic E-state index is 12.3. The van der Waals surface area contributed by atoms with E-state index in [1.165, 1.54) is 12.8 Å². The van der Waals surface area contributed by atoms with Crippen molar-refractivity contribution in [3.63, 3.8) is 0 Å². The molecule has 2 rings (SSSR count). The highest BCUT2D eigenvalue weighted by atomic mass is 16.1. The van der Waals surface area contributed by atoms with Gasteiger partial charge in [-0.3, -0.25) is 4.79 Å². The number of nitrogens with two attached hydrogens (primary N) is 1. The lowest BCUT2D eigenvalue weighted by Crippen LogP contribution is -2.43. The number of carbonyl (C=O) groups is 1. The molecule has 3 heteroatoms. The summed E-state index contributed by atoms with van der Waals surface area (Å²) in [5.41, 5.74) is 5.96. The van der Waals surface area contributed by atoms with Gasteiger partial charge in [0.1, 0.15) is 0 Å². The van der Waals surface area contributed by atoms with E-state index >= 15 is 0 Å². The molecular weight excluding hydrogens is 224 g/mol. The quantitative estimate of drug-likeness (QED) is 0.810. The molecule has 0 radical (unpaired) electrons. The van der Waals surface area contributed by atoms with Crippen molar-refractivity contribution in [2.75, 3.05) is 0 Å². The van der Waals surface area contributed by atoms with Gasteiger partial charge in [-0.1, -0.05) is 26.7 Å². The Morgan fingerprint density at radius 2 is 2.06 bits per heavy atom. The van der Waals surface area contributed by atoms with E-state index in [-0.39, 0.29) is 17.9 Å². The van der Waals surface area contributed by atoms with Crippen LogP contribution in [0.25, 0.3) is 0 Å². The van der Waals surface area contributed by atoms with Crippen molar-refractivity contribution >= 4 is 5.91 Å². The molecule has 18 heavy (non-hydrogen) atoms. The summed E-state index contributed by atoms with van der Waals surface area (Å²) in [5.74, 6) is 1.86. The Kier molecular flexibility index (Phi) is 4.66. The van der Waals surface area contributed by atoms with Gasteiger partial charge >= 0.3 is 0 Å².